The van der Waals surface area contributed by atoms with Crippen molar-refractivity contribution in [2.45, 2.75) is 116 Å². The third kappa shape index (κ3) is 13.4. The van der Waals surface area contributed by atoms with Crippen molar-refractivity contribution in [2.75, 3.05) is 0 Å². The van der Waals surface area contributed by atoms with Gasteiger partial charge >= 0.3 is 0 Å². The highest BCUT2D eigenvalue weighted by Crippen LogP contribution is 2.14. The van der Waals surface area contributed by atoms with E-state index < -0.39 is 0 Å². The van der Waals surface area contributed by atoms with Gasteiger partial charge in [0, 0.05) is 12.4 Å². The Kier molecular flexibility index (Phi) is 14.3. The highest BCUT2D eigenvalue weighted by atomic mass is 14.6. The molecule has 0 atom stereocenters. The van der Waals surface area contributed by atoms with Crippen molar-refractivity contribution in [3.63, 3.8) is 0 Å². The molecule has 1 nitrogen and oxygen atoms in total. The Morgan fingerprint density at radius 3 is 1.43 bits per heavy atom. The summed E-state index contributed by atoms with van der Waals surface area (Å²) in [5.41, 5.74) is 1.47. The van der Waals surface area contributed by atoms with Crippen LogP contribution < -0.4 is 0 Å². The highest BCUT2D eigenvalue weighted by molar-refractivity contribution is 5.07. The van der Waals surface area contributed by atoms with E-state index in [0.29, 0.717) is 0 Å². The van der Waals surface area contributed by atoms with Crippen LogP contribution in [0.15, 0.2) is 18.5 Å². The summed E-state index contributed by atoms with van der Waals surface area (Å²) in [4.78, 5) is 3.13. The summed E-state index contributed by atoms with van der Waals surface area (Å²) >= 11 is 0. The molecule has 0 aliphatic carbocycles. The van der Waals surface area contributed by atoms with E-state index in [9.17, 15) is 0 Å². The Hall–Kier alpha value is -0.720. The first-order chi connectivity index (χ1) is 11.4. The monoisotopic (exact) mass is 319 g/mol. The third-order valence-corrected chi connectivity index (χ3v) is 4.98. The lowest BCUT2D eigenvalue weighted by atomic mass is 10.0. The highest BCUT2D eigenvalue weighted by Gasteiger charge is 1.95. The zero-order valence-electron chi connectivity index (χ0n) is 15.8. The molecule has 0 unspecified atom stereocenters. The predicted octanol–water partition coefficient (Wildman–Crippen LogP) is 7.82. The van der Waals surface area contributed by atoms with Crippen molar-refractivity contribution >= 4 is 0 Å². The van der Waals surface area contributed by atoms with Crippen LogP contribution in [0, 0.1) is 0 Å². The molecule has 1 N–H and O–H groups in total. The Bertz CT molecular complexity index is 315. The molecule has 0 saturated heterocycles. The predicted molar refractivity (Wildman–Crippen MR) is 104 cm³/mol. The van der Waals surface area contributed by atoms with E-state index in [1.54, 1.807) is 0 Å². The van der Waals surface area contributed by atoms with Gasteiger partial charge in [-0.15, -0.1) is 0 Å². The molecule has 1 heterocycles. The van der Waals surface area contributed by atoms with Gasteiger partial charge in [0.05, 0.1) is 0 Å². The number of H-pyrrole nitrogens is 1. The van der Waals surface area contributed by atoms with Crippen molar-refractivity contribution in [3.05, 3.63) is 24.0 Å². The fourth-order valence-corrected chi connectivity index (χ4v) is 3.39. The van der Waals surface area contributed by atoms with Crippen LogP contribution in [0.1, 0.15) is 115 Å². The van der Waals surface area contributed by atoms with Gasteiger partial charge in [0.15, 0.2) is 0 Å². The molecule has 0 bridgehead atoms. The molecule has 134 valence electrons. The number of unbranched alkanes of at least 4 members (excludes halogenated alkanes) is 15. The molecule has 1 aromatic heterocycles. The Balaban J connectivity index is 1.67. The van der Waals surface area contributed by atoms with Gasteiger partial charge in [-0.05, 0) is 24.5 Å². The van der Waals surface area contributed by atoms with Crippen molar-refractivity contribution in [2.24, 2.45) is 0 Å². The third-order valence-electron chi connectivity index (χ3n) is 4.98. The van der Waals surface area contributed by atoms with Crippen LogP contribution >= 0.6 is 0 Å². The quantitative estimate of drug-likeness (QED) is 0.282. The Labute approximate surface area is 145 Å². The smallest absolute Gasteiger partial charge is 0.00373 e. The molecule has 1 rings (SSSR count). The van der Waals surface area contributed by atoms with Gasteiger partial charge in [-0.1, -0.05) is 103 Å². The van der Waals surface area contributed by atoms with E-state index in [-0.39, 0.29) is 0 Å². The summed E-state index contributed by atoms with van der Waals surface area (Å²) < 4.78 is 0. The zero-order chi connectivity index (χ0) is 16.4. The van der Waals surface area contributed by atoms with Crippen LogP contribution in [0.2, 0.25) is 0 Å². The molecule has 0 fully saturated rings. The minimum Gasteiger partial charge on any atom is -0.367 e. The second-order valence-corrected chi connectivity index (χ2v) is 7.27. The average Bonchev–Trinajstić information content (AvgIpc) is 3.08. The van der Waals surface area contributed by atoms with Crippen LogP contribution in [-0.4, -0.2) is 4.98 Å². The van der Waals surface area contributed by atoms with Gasteiger partial charge < -0.3 is 4.98 Å². The van der Waals surface area contributed by atoms with Gasteiger partial charge in [-0.3, -0.25) is 0 Å². The normalized spacial score (nSPS) is 11.2. The molecule has 0 aliphatic heterocycles. The number of hydrogen-bond donors (Lipinski definition) is 1. The second-order valence-electron chi connectivity index (χ2n) is 7.27. The number of rotatable bonds is 17. The molecule has 0 spiro atoms. The van der Waals surface area contributed by atoms with Crippen molar-refractivity contribution in [1.29, 1.82) is 0 Å². The molecular weight excluding hydrogens is 278 g/mol. The Morgan fingerprint density at radius 2 is 1.04 bits per heavy atom. The minimum absolute atomic E-state index is 1.25. The maximum Gasteiger partial charge on any atom is 0.00373 e. The number of hydrogen-bond acceptors (Lipinski definition) is 0. The lowest BCUT2D eigenvalue weighted by Gasteiger charge is -2.03. The zero-order valence-corrected chi connectivity index (χ0v) is 15.8. The largest absolute Gasteiger partial charge is 0.367 e. The van der Waals surface area contributed by atoms with E-state index in [4.69, 9.17) is 0 Å². The van der Waals surface area contributed by atoms with Crippen molar-refractivity contribution in [3.8, 4) is 0 Å². The molecule has 1 aromatic rings. The molecule has 1 heteroatoms. The van der Waals surface area contributed by atoms with E-state index in [1.165, 1.54) is 115 Å². The molecule has 23 heavy (non-hydrogen) atoms. The van der Waals surface area contributed by atoms with Gasteiger partial charge in [0.2, 0.25) is 0 Å². The van der Waals surface area contributed by atoms with Crippen molar-refractivity contribution in [1.82, 2.24) is 4.98 Å². The first kappa shape index (κ1) is 20.3. The summed E-state index contributed by atoms with van der Waals surface area (Å²) in [5.74, 6) is 0. The number of aromatic nitrogens is 1. The fourth-order valence-electron chi connectivity index (χ4n) is 3.39. The fraction of sp³-hybridized carbons (Fsp3) is 0.818. The number of nitrogens with one attached hydrogen (secondary N) is 1. The van der Waals surface area contributed by atoms with Crippen LogP contribution in [0.4, 0.5) is 0 Å². The summed E-state index contributed by atoms with van der Waals surface area (Å²) in [6.45, 7) is 2.30. The van der Waals surface area contributed by atoms with Gasteiger partial charge in [0.25, 0.3) is 0 Å². The standard InChI is InChI=1S/C22H41N/c1-2-3-4-5-6-7-8-9-10-11-12-13-14-15-16-17-18-22-19-20-23-21-22/h19-21,23H,2-18H2,1H3. The minimum atomic E-state index is 1.25. The second kappa shape index (κ2) is 16.1. The molecule has 0 amide bonds. The van der Waals surface area contributed by atoms with Gasteiger partial charge in [-0.2, -0.15) is 0 Å². The summed E-state index contributed by atoms with van der Waals surface area (Å²) in [6.07, 6.45) is 28.6. The van der Waals surface area contributed by atoms with E-state index in [1.807, 2.05) is 6.20 Å². The van der Waals surface area contributed by atoms with Crippen LogP contribution in [0.3, 0.4) is 0 Å². The van der Waals surface area contributed by atoms with E-state index in [0.717, 1.165) is 0 Å². The molecule has 0 saturated carbocycles. The maximum absolute atomic E-state index is 3.13. The first-order valence-electron chi connectivity index (χ1n) is 10.5. The molecule has 0 aromatic carbocycles. The lowest BCUT2D eigenvalue weighted by Crippen LogP contribution is -1.85. The lowest BCUT2D eigenvalue weighted by molar-refractivity contribution is 0.529. The number of aromatic amines is 1. The summed E-state index contributed by atoms with van der Waals surface area (Å²) in [7, 11) is 0. The average molecular weight is 320 g/mol. The van der Waals surface area contributed by atoms with E-state index in [2.05, 4.69) is 24.2 Å². The van der Waals surface area contributed by atoms with E-state index >= 15 is 0 Å². The van der Waals surface area contributed by atoms with Crippen LogP contribution in [0.25, 0.3) is 0 Å². The molecular formula is C22H41N. The first-order valence-corrected chi connectivity index (χ1v) is 10.5. The van der Waals surface area contributed by atoms with Crippen LogP contribution in [-0.2, 0) is 6.42 Å². The maximum atomic E-state index is 3.13. The molecule has 0 aliphatic rings. The van der Waals surface area contributed by atoms with Gasteiger partial charge in [0.1, 0.15) is 0 Å². The summed E-state index contributed by atoms with van der Waals surface area (Å²) in [5, 5.41) is 0. The van der Waals surface area contributed by atoms with Crippen LogP contribution in [0.5, 0.6) is 0 Å². The summed E-state index contributed by atoms with van der Waals surface area (Å²) in [6, 6.07) is 2.20. The topological polar surface area (TPSA) is 15.8 Å². The number of aryl methyl sites for hydroxylation is 1. The SMILES string of the molecule is CCCCCCCCCCCCCCCCCCc1cc[nH]c1. The van der Waals surface area contributed by atoms with Crippen molar-refractivity contribution < 1.29 is 0 Å². The Morgan fingerprint density at radius 1 is 0.609 bits per heavy atom. The molecule has 0 radical (unpaired) electrons. The van der Waals surface area contributed by atoms with Gasteiger partial charge in [-0.25, -0.2) is 0 Å².